The first-order valence-corrected chi connectivity index (χ1v) is 4.20. The minimum absolute atomic E-state index is 0.134. The third-order valence-electron chi connectivity index (χ3n) is 1.12. The van der Waals surface area contributed by atoms with Crippen LogP contribution in [0.15, 0.2) is 0 Å². The van der Waals surface area contributed by atoms with E-state index in [1.807, 2.05) is 0 Å². The number of ether oxygens (including phenoxy) is 3. The Balaban J connectivity index is 3.82. The van der Waals surface area contributed by atoms with Gasteiger partial charge in [-0.3, -0.25) is 9.59 Å². The van der Waals surface area contributed by atoms with Gasteiger partial charge in [-0.05, 0) is 6.92 Å². The van der Waals surface area contributed by atoms with E-state index in [4.69, 9.17) is 5.11 Å². The van der Waals surface area contributed by atoms with Crippen molar-refractivity contribution < 1.29 is 33.7 Å². The lowest BCUT2D eigenvalue weighted by molar-refractivity contribution is -0.170. The first-order valence-electron chi connectivity index (χ1n) is 4.20. The summed E-state index contributed by atoms with van der Waals surface area (Å²) in [6.45, 7) is 2.99. The minimum Gasteiger partial charge on any atom is -0.481 e. The van der Waals surface area contributed by atoms with Crippen molar-refractivity contribution in [3.05, 3.63) is 0 Å². The average Bonchev–Trinajstić information content (AvgIpc) is 2.00. The van der Waals surface area contributed by atoms with Crippen LogP contribution in [0.2, 0.25) is 0 Å². The molecule has 0 heterocycles. The molecule has 1 N–H and O–H groups in total. The zero-order valence-electron chi connectivity index (χ0n) is 8.39. The average molecular weight is 220 g/mol. The Hall–Kier alpha value is -1.79. The molecule has 1 atom stereocenters. The van der Waals surface area contributed by atoms with Gasteiger partial charge in [0.2, 0.25) is 6.29 Å². The molecule has 0 rings (SSSR count). The largest absolute Gasteiger partial charge is 0.511 e. The van der Waals surface area contributed by atoms with Gasteiger partial charge in [0.15, 0.2) is 0 Å². The summed E-state index contributed by atoms with van der Waals surface area (Å²) in [4.78, 5) is 31.6. The molecule has 0 saturated carbocycles. The van der Waals surface area contributed by atoms with E-state index < -0.39 is 30.8 Å². The van der Waals surface area contributed by atoms with Crippen molar-refractivity contribution in [2.45, 2.75) is 26.6 Å². The van der Waals surface area contributed by atoms with Gasteiger partial charge in [-0.2, -0.15) is 0 Å². The van der Waals surface area contributed by atoms with Gasteiger partial charge < -0.3 is 19.3 Å². The lowest BCUT2D eigenvalue weighted by Gasteiger charge is -2.12. The molecule has 15 heavy (non-hydrogen) atoms. The third kappa shape index (κ3) is 7.29. The summed E-state index contributed by atoms with van der Waals surface area (Å²) in [5.41, 5.74) is 0. The van der Waals surface area contributed by atoms with Gasteiger partial charge in [0.1, 0.15) is 6.42 Å². The Kier molecular flexibility index (Phi) is 5.84. The highest BCUT2D eigenvalue weighted by atomic mass is 16.8. The number of carbonyl (C=O) groups is 3. The zero-order valence-corrected chi connectivity index (χ0v) is 8.39. The molecule has 7 heteroatoms. The Morgan fingerprint density at radius 1 is 1.27 bits per heavy atom. The number of aliphatic carboxylic acids is 1. The van der Waals surface area contributed by atoms with E-state index in [2.05, 4.69) is 14.2 Å². The molecule has 0 saturated heterocycles. The Bertz CT molecular complexity index is 247. The summed E-state index contributed by atoms with van der Waals surface area (Å²) in [6, 6.07) is 0. The second-order valence-electron chi connectivity index (χ2n) is 2.43. The molecule has 0 bridgehead atoms. The van der Waals surface area contributed by atoms with Crippen LogP contribution in [0.1, 0.15) is 20.3 Å². The minimum atomic E-state index is -1.32. The van der Waals surface area contributed by atoms with Gasteiger partial charge in [0.05, 0.1) is 6.61 Å². The number of carboxylic acid groups (broad SMARTS) is 1. The summed E-state index contributed by atoms with van der Waals surface area (Å²) < 4.78 is 13.3. The summed E-state index contributed by atoms with van der Waals surface area (Å²) >= 11 is 0. The number of esters is 1. The first-order chi connectivity index (χ1) is 6.95. The van der Waals surface area contributed by atoms with Crippen LogP contribution in [0.5, 0.6) is 0 Å². The number of carboxylic acids is 1. The van der Waals surface area contributed by atoms with E-state index in [9.17, 15) is 14.4 Å². The highest BCUT2D eigenvalue weighted by molar-refractivity contribution is 5.90. The molecule has 0 aliphatic heterocycles. The van der Waals surface area contributed by atoms with Crippen LogP contribution in [-0.2, 0) is 23.8 Å². The molecular formula is C8H12O7. The lowest BCUT2D eigenvalue weighted by atomic mass is 10.4. The fourth-order valence-electron chi connectivity index (χ4n) is 0.662. The molecule has 0 aromatic rings. The fraction of sp³-hybridized carbons (Fsp3) is 0.625. The number of rotatable bonds is 5. The van der Waals surface area contributed by atoms with Crippen LogP contribution in [0, 0.1) is 0 Å². The van der Waals surface area contributed by atoms with Crippen molar-refractivity contribution >= 4 is 18.1 Å². The van der Waals surface area contributed by atoms with E-state index in [0.717, 1.165) is 0 Å². The first kappa shape index (κ1) is 13.2. The van der Waals surface area contributed by atoms with Gasteiger partial charge in [0, 0.05) is 6.92 Å². The highest BCUT2D eigenvalue weighted by Crippen LogP contribution is 1.99. The SMILES string of the molecule is CCOC(=O)OC(C)OC(=O)CC(=O)O. The van der Waals surface area contributed by atoms with Crippen LogP contribution < -0.4 is 0 Å². The molecule has 0 aliphatic rings. The monoisotopic (exact) mass is 220 g/mol. The van der Waals surface area contributed by atoms with Crippen LogP contribution in [0.3, 0.4) is 0 Å². The van der Waals surface area contributed by atoms with Crippen molar-refractivity contribution in [2.75, 3.05) is 6.61 Å². The van der Waals surface area contributed by atoms with Crippen molar-refractivity contribution in [3.63, 3.8) is 0 Å². The second kappa shape index (κ2) is 6.63. The number of carbonyl (C=O) groups excluding carboxylic acids is 2. The molecule has 0 spiro atoms. The Labute approximate surface area is 85.9 Å². The summed E-state index contributed by atoms with van der Waals surface area (Å²) in [5, 5.41) is 8.23. The maximum Gasteiger partial charge on any atom is 0.511 e. The molecule has 0 aliphatic carbocycles. The fourth-order valence-corrected chi connectivity index (χ4v) is 0.662. The van der Waals surface area contributed by atoms with Gasteiger partial charge in [0.25, 0.3) is 0 Å². The molecule has 1 unspecified atom stereocenters. The van der Waals surface area contributed by atoms with Gasteiger partial charge in [-0.15, -0.1) is 0 Å². The van der Waals surface area contributed by atoms with Crippen molar-refractivity contribution in [1.29, 1.82) is 0 Å². The van der Waals surface area contributed by atoms with Gasteiger partial charge in [-0.25, -0.2) is 4.79 Å². The van der Waals surface area contributed by atoms with Crippen LogP contribution in [0.25, 0.3) is 0 Å². The topological polar surface area (TPSA) is 99.1 Å². The standard InChI is InChI=1S/C8H12O7/c1-3-13-8(12)15-5(2)14-7(11)4-6(9)10/h5H,3-4H2,1-2H3,(H,9,10). The second-order valence-corrected chi connectivity index (χ2v) is 2.43. The Morgan fingerprint density at radius 2 is 1.87 bits per heavy atom. The van der Waals surface area contributed by atoms with Crippen molar-refractivity contribution in [3.8, 4) is 0 Å². The maximum absolute atomic E-state index is 10.8. The van der Waals surface area contributed by atoms with E-state index in [1.54, 1.807) is 6.92 Å². The molecular weight excluding hydrogens is 208 g/mol. The van der Waals surface area contributed by atoms with E-state index >= 15 is 0 Å². The van der Waals surface area contributed by atoms with Gasteiger partial charge >= 0.3 is 18.1 Å². The molecule has 86 valence electrons. The molecule has 0 fully saturated rings. The molecule has 7 nitrogen and oxygen atoms in total. The van der Waals surface area contributed by atoms with Crippen LogP contribution >= 0.6 is 0 Å². The summed E-state index contributed by atoms with van der Waals surface area (Å²) in [7, 11) is 0. The van der Waals surface area contributed by atoms with Gasteiger partial charge in [-0.1, -0.05) is 0 Å². The molecule has 0 radical (unpaired) electrons. The maximum atomic E-state index is 10.8. The van der Waals surface area contributed by atoms with E-state index in [1.165, 1.54) is 6.92 Å². The molecule has 0 aromatic heterocycles. The lowest BCUT2D eigenvalue weighted by Crippen LogP contribution is -2.23. The predicted octanol–water partition coefficient (Wildman–Crippen LogP) is 0.523. The third-order valence-corrected chi connectivity index (χ3v) is 1.12. The Morgan fingerprint density at radius 3 is 2.33 bits per heavy atom. The van der Waals surface area contributed by atoms with E-state index in [0.29, 0.717) is 0 Å². The molecule has 0 amide bonds. The normalized spacial score (nSPS) is 11.3. The highest BCUT2D eigenvalue weighted by Gasteiger charge is 2.16. The smallest absolute Gasteiger partial charge is 0.481 e. The summed E-state index contributed by atoms with van der Waals surface area (Å²) in [5.74, 6) is -2.30. The van der Waals surface area contributed by atoms with Crippen LogP contribution in [0.4, 0.5) is 4.79 Å². The number of hydrogen-bond donors (Lipinski definition) is 1. The predicted molar refractivity (Wildman–Crippen MR) is 45.9 cm³/mol. The zero-order chi connectivity index (χ0) is 11.8. The molecule has 0 aromatic carbocycles. The number of hydrogen-bond acceptors (Lipinski definition) is 6. The van der Waals surface area contributed by atoms with Crippen molar-refractivity contribution in [1.82, 2.24) is 0 Å². The summed E-state index contributed by atoms with van der Waals surface area (Å²) in [6.07, 6.45) is -2.93. The van der Waals surface area contributed by atoms with Crippen LogP contribution in [-0.4, -0.2) is 36.1 Å². The van der Waals surface area contributed by atoms with Crippen molar-refractivity contribution in [2.24, 2.45) is 0 Å². The quantitative estimate of drug-likeness (QED) is 0.409. The van der Waals surface area contributed by atoms with E-state index in [-0.39, 0.29) is 6.61 Å².